The number of nitrogens with zero attached hydrogens (tertiary/aromatic N) is 1. The molecular weight excluding hydrogens is 188 g/mol. The van der Waals surface area contributed by atoms with Gasteiger partial charge in [0.1, 0.15) is 0 Å². The van der Waals surface area contributed by atoms with Gasteiger partial charge in [0.05, 0.1) is 6.54 Å². The van der Waals surface area contributed by atoms with Crippen molar-refractivity contribution < 1.29 is 0 Å². The molecule has 0 unspecified atom stereocenters. The zero-order valence-corrected chi connectivity index (χ0v) is 8.26. The fourth-order valence-corrected chi connectivity index (χ4v) is 1.45. The molecule has 0 aliphatic heterocycles. The van der Waals surface area contributed by atoms with Gasteiger partial charge in [-0.15, -0.1) is 0 Å². The molecule has 0 aliphatic carbocycles. The third-order valence-electron chi connectivity index (χ3n) is 2.20. The fraction of sp³-hybridized carbons (Fsp3) is 0.0833. The van der Waals surface area contributed by atoms with E-state index in [1.807, 2.05) is 30.3 Å². The van der Waals surface area contributed by atoms with Crippen LogP contribution in [0, 0.1) is 0 Å². The van der Waals surface area contributed by atoms with E-state index in [1.54, 1.807) is 16.8 Å². The molecule has 1 aromatic heterocycles. The number of hydrogen-bond acceptors (Lipinski definition) is 2. The molecule has 1 aromatic carbocycles. The highest BCUT2D eigenvalue weighted by atomic mass is 16.1. The van der Waals surface area contributed by atoms with Crippen LogP contribution < -0.4 is 11.3 Å². The lowest BCUT2D eigenvalue weighted by Gasteiger charge is -2.05. The molecule has 0 fully saturated rings. The summed E-state index contributed by atoms with van der Waals surface area (Å²) in [5.41, 5.74) is 7.28. The summed E-state index contributed by atoms with van der Waals surface area (Å²) >= 11 is 0. The second kappa shape index (κ2) is 4.00. The highest BCUT2D eigenvalue weighted by Gasteiger charge is 1.97. The van der Waals surface area contributed by atoms with Crippen molar-refractivity contribution in [3.05, 3.63) is 64.6 Å². The number of rotatable bonds is 2. The molecule has 2 aromatic rings. The molecule has 3 nitrogen and oxygen atoms in total. The first kappa shape index (κ1) is 9.52. The normalized spacial score (nSPS) is 10.1. The van der Waals surface area contributed by atoms with Crippen molar-refractivity contribution in [3.63, 3.8) is 0 Å². The number of aromatic nitrogens is 1. The van der Waals surface area contributed by atoms with Crippen LogP contribution in [0.5, 0.6) is 0 Å². The third kappa shape index (κ3) is 2.26. The molecular formula is C12H12N2O. The lowest BCUT2D eigenvalue weighted by atomic mass is 10.2. The van der Waals surface area contributed by atoms with E-state index in [4.69, 9.17) is 5.73 Å². The first-order valence-electron chi connectivity index (χ1n) is 4.75. The van der Waals surface area contributed by atoms with E-state index in [0.29, 0.717) is 12.2 Å². The lowest BCUT2D eigenvalue weighted by molar-refractivity contribution is 0.761. The van der Waals surface area contributed by atoms with Gasteiger partial charge in [0.25, 0.3) is 5.56 Å². The number of nitrogen functional groups attached to an aromatic ring is 1. The molecule has 0 atom stereocenters. The molecule has 0 amide bonds. The van der Waals surface area contributed by atoms with Gasteiger partial charge in [-0.2, -0.15) is 0 Å². The molecule has 0 saturated heterocycles. The summed E-state index contributed by atoms with van der Waals surface area (Å²) < 4.78 is 1.60. The number of nitrogens with two attached hydrogens (primary N) is 1. The molecule has 2 rings (SSSR count). The Balaban J connectivity index is 2.32. The summed E-state index contributed by atoms with van der Waals surface area (Å²) in [6, 6.07) is 12.9. The third-order valence-corrected chi connectivity index (χ3v) is 2.20. The molecule has 2 N–H and O–H groups in total. The van der Waals surface area contributed by atoms with E-state index in [1.165, 1.54) is 6.07 Å². The van der Waals surface area contributed by atoms with Crippen LogP contribution in [-0.4, -0.2) is 4.57 Å². The van der Waals surface area contributed by atoms with Crippen molar-refractivity contribution in [1.82, 2.24) is 4.57 Å². The zero-order valence-electron chi connectivity index (χ0n) is 8.26. The van der Waals surface area contributed by atoms with Gasteiger partial charge in [-0.1, -0.05) is 30.3 Å². The van der Waals surface area contributed by atoms with Crippen LogP contribution in [0.25, 0.3) is 0 Å². The monoisotopic (exact) mass is 200 g/mol. The first-order valence-corrected chi connectivity index (χ1v) is 4.75. The second-order valence-corrected chi connectivity index (χ2v) is 3.41. The van der Waals surface area contributed by atoms with Crippen molar-refractivity contribution >= 4 is 5.69 Å². The van der Waals surface area contributed by atoms with Crippen LogP contribution in [-0.2, 0) is 6.54 Å². The van der Waals surface area contributed by atoms with Crippen molar-refractivity contribution in [2.24, 2.45) is 0 Å². The summed E-state index contributed by atoms with van der Waals surface area (Å²) in [5, 5.41) is 0. The summed E-state index contributed by atoms with van der Waals surface area (Å²) in [4.78, 5) is 11.5. The van der Waals surface area contributed by atoms with Gasteiger partial charge in [-0.05, 0) is 11.6 Å². The maximum absolute atomic E-state index is 11.5. The van der Waals surface area contributed by atoms with Crippen molar-refractivity contribution in [3.8, 4) is 0 Å². The van der Waals surface area contributed by atoms with Crippen LogP contribution in [0.15, 0.2) is 53.5 Å². The van der Waals surface area contributed by atoms with Crippen LogP contribution in [0.1, 0.15) is 5.56 Å². The zero-order chi connectivity index (χ0) is 10.7. The van der Waals surface area contributed by atoms with Gasteiger partial charge in [-0.25, -0.2) is 0 Å². The maximum atomic E-state index is 11.5. The molecule has 0 spiro atoms. The topological polar surface area (TPSA) is 48.0 Å². The Labute approximate surface area is 87.8 Å². The van der Waals surface area contributed by atoms with Crippen molar-refractivity contribution in [2.45, 2.75) is 6.54 Å². The Morgan fingerprint density at radius 1 is 1.07 bits per heavy atom. The Morgan fingerprint density at radius 2 is 1.80 bits per heavy atom. The van der Waals surface area contributed by atoms with Gasteiger partial charge in [0.15, 0.2) is 0 Å². The Kier molecular flexibility index (Phi) is 2.54. The maximum Gasteiger partial charge on any atom is 0.250 e. The van der Waals surface area contributed by atoms with Crippen LogP contribution >= 0.6 is 0 Å². The molecule has 1 heterocycles. The van der Waals surface area contributed by atoms with Crippen LogP contribution in [0.4, 0.5) is 5.69 Å². The summed E-state index contributed by atoms with van der Waals surface area (Å²) in [5.74, 6) is 0. The predicted octanol–water partition coefficient (Wildman–Crippen LogP) is 1.48. The van der Waals surface area contributed by atoms with Crippen molar-refractivity contribution in [2.75, 3.05) is 5.73 Å². The van der Waals surface area contributed by atoms with Crippen LogP contribution in [0.3, 0.4) is 0 Å². The molecule has 0 saturated carbocycles. The fourth-order valence-electron chi connectivity index (χ4n) is 1.45. The molecule has 3 heteroatoms. The summed E-state index contributed by atoms with van der Waals surface area (Å²) in [7, 11) is 0. The van der Waals surface area contributed by atoms with E-state index in [0.717, 1.165) is 5.56 Å². The van der Waals surface area contributed by atoms with Crippen LogP contribution in [0.2, 0.25) is 0 Å². The smallest absolute Gasteiger partial charge is 0.250 e. The first-order chi connectivity index (χ1) is 7.25. The van der Waals surface area contributed by atoms with E-state index in [9.17, 15) is 4.79 Å². The Morgan fingerprint density at radius 3 is 2.53 bits per heavy atom. The lowest BCUT2D eigenvalue weighted by Crippen LogP contribution is -2.19. The van der Waals surface area contributed by atoms with E-state index in [-0.39, 0.29) is 5.56 Å². The standard InChI is InChI=1S/C12H12N2O/c13-11-6-7-12(15)14(9-11)8-10-4-2-1-3-5-10/h1-7,9H,8,13H2. The minimum Gasteiger partial charge on any atom is -0.398 e. The minimum atomic E-state index is -0.0342. The van der Waals surface area contributed by atoms with Gasteiger partial charge in [0, 0.05) is 18.0 Å². The van der Waals surface area contributed by atoms with E-state index >= 15 is 0 Å². The number of benzene rings is 1. The number of hydrogen-bond donors (Lipinski definition) is 1. The largest absolute Gasteiger partial charge is 0.398 e. The van der Waals surface area contributed by atoms with Gasteiger partial charge in [0.2, 0.25) is 0 Å². The number of pyridine rings is 1. The van der Waals surface area contributed by atoms with Gasteiger partial charge >= 0.3 is 0 Å². The van der Waals surface area contributed by atoms with Gasteiger partial charge < -0.3 is 10.3 Å². The minimum absolute atomic E-state index is 0.0342. The Bertz CT molecular complexity index is 503. The SMILES string of the molecule is Nc1ccc(=O)n(Cc2ccccc2)c1. The molecule has 0 bridgehead atoms. The average molecular weight is 200 g/mol. The highest BCUT2D eigenvalue weighted by Crippen LogP contribution is 2.02. The van der Waals surface area contributed by atoms with E-state index in [2.05, 4.69) is 0 Å². The Hall–Kier alpha value is -2.03. The second-order valence-electron chi connectivity index (χ2n) is 3.41. The quantitative estimate of drug-likeness (QED) is 0.798. The molecule has 76 valence electrons. The molecule has 0 aliphatic rings. The van der Waals surface area contributed by atoms with Crippen molar-refractivity contribution in [1.29, 1.82) is 0 Å². The molecule has 0 radical (unpaired) electrons. The molecule has 15 heavy (non-hydrogen) atoms. The number of anilines is 1. The average Bonchev–Trinajstić information content (AvgIpc) is 2.25. The highest BCUT2D eigenvalue weighted by molar-refractivity contribution is 5.33. The van der Waals surface area contributed by atoms with E-state index < -0.39 is 0 Å². The summed E-state index contributed by atoms with van der Waals surface area (Å²) in [6.45, 7) is 0.560. The summed E-state index contributed by atoms with van der Waals surface area (Å²) in [6.07, 6.45) is 1.66. The van der Waals surface area contributed by atoms with Gasteiger partial charge in [-0.3, -0.25) is 4.79 Å². The predicted molar refractivity (Wildman–Crippen MR) is 60.7 cm³/mol.